The first kappa shape index (κ1) is 15.1. The maximum absolute atomic E-state index is 6.27. The van der Waals surface area contributed by atoms with E-state index in [1.807, 2.05) is 6.92 Å². The second-order valence-corrected chi connectivity index (χ2v) is 12.0. The minimum atomic E-state index is -1.94. The average Bonchev–Trinajstić information content (AvgIpc) is 2.27. The molecule has 0 spiro atoms. The van der Waals surface area contributed by atoms with Crippen molar-refractivity contribution in [2.24, 2.45) is 17.6 Å². The van der Waals surface area contributed by atoms with E-state index in [1.165, 1.54) is 32.1 Å². The fourth-order valence-corrected chi connectivity index (χ4v) is 7.29. The van der Waals surface area contributed by atoms with Gasteiger partial charge in [-0.2, -0.15) is 0 Å². The average molecular weight is 354 g/mol. The summed E-state index contributed by atoms with van der Waals surface area (Å²) < 4.78 is 6.72. The van der Waals surface area contributed by atoms with E-state index >= 15 is 0 Å². The topological polar surface area (TPSA) is 35.2 Å². The van der Waals surface area contributed by atoms with Gasteiger partial charge < -0.3 is 0 Å². The molecule has 0 aromatic rings. The summed E-state index contributed by atoms with van der Waals surface area (Å²) in [6.45, 7) is 4.99. The van der Waals surface area contributed by atoms with Crippen LogP contribution in [0.3, 0.4) is 0 Å². The van der Waals surface area contributed by atoms with E-state index in [-0.39, 0.29) is 0 Å². The van der Waals surface area contributed by atoms with Crippen molar-refractivity contribution < 1.29 is 3.07 Å². The van der Waals surface area contributed by atoms with E-state index in [2.05, 4.69) is 6.92 Å². The van der Waals surface area contributed by atoms with Gasteiger partial charge in [-0.15, -0.1) is 0 Å². The van der Waals surface area contributed by atoms with Gasteiger partial charge in [0.2, 0.25) is 0 Å². The van der Waals surface area contributed by atoms with Crippen molar-refractivity contribution in [3.63, 3.8) is 0 Å². The van der Waals surface area contributed by atoms with Crippen molar-refractivity contribution in [2.75, 3.05) is 6.61 Å². The molecular formula is C12H25ClNOSn. The molecule has 4 heteroatoms. The molecule has 1 aliphatic carbocycles. The molecule has 0 bridgehead atoms. The Balaban J connectivity index is 2.32. The number of halogens is 1. The molecule has 16 heavy (non-hydrogen) atoms. The molecule has 0 aliphatic heterocycles. The standard InChI is InChI=1S/C10H20N.C2H5O.ClH.Sn/c1-3-9-6-4-5-7-10(9)8(2)11;1-2-3;;/h8-10H,1,3-7,11H2,2H3;2H2,1H3;1H;/q;-1;;+2/p-1. The van der Waals surface area contributed by atoms with Crippen LogP contribution in [0.15, 0.2) is 0 Å². The van der Waals surface area contributed by atoms with E-state index in [0.717, 1.165) is 22.9 Å². The molecule has 2 N–H and O–H groups in total. The third-order valence-corrected chi connectivity index (χ3v) is 9.32. The Morgan fingerprint density at radius 3 is 2.75 bits per heavy atom. The third-order valence-electron chi connectivity index (χ3n) is 3.66. The monoisotopic (exact) mass is 354 g/mol. The van der Waals surface area contributed by atoms with Crippen molar-refractivity contribution >= 4 is 28.0 Å². The van der Waals surface area contributed by atoms with Crippen LogP contribution in [0.5, 0.6) is 0 Å². The summed E-state index contributed by atoms with van der Waals surface area (Å²) in [5.41, 5.74) is 6.07. The molecule has 0 saturated heterocycles. The van der Waals surface area contributed by atoms with E-state index in [1.54, 1.807) is 0 Å². The molecule has 3 unspecified atom stereocenters. The molecular weight excluding hydrogens is 328 g/mol. The van der Waals surface area contributed by atoms with Crippen LogP contribution < -0.4 is 5.73 Å². The van der Waals surface area contributed by atoms with E-state index in [4.69, 9.17) is 17.7 Å². The minimum absolute atomic E-state index is 0.347. The fourth-order valence-electron chi connectivity index (χ4n) is 2.81. The Bertz CT molecular complexity index is 192. The Morgan fingerprint density at radius 2 is 2.12 bits per heavy atom. The molecule has 2 nitrogen and oxygen atoms in total. The zero-order valence-electron chi connectivity index (χ0n) is 10.5. The molecule has 1 rings (SSSR count). The van der Waals surface area contributed by atoms with Crippen molar-refractivity contribution in [3.8, 4) is 0 Å². The molecule has 0 heterocycles. The predicted octanol–water partition coefficient (Wildman–Crippen LogP) is 3.29. The summed E-state index contributed by atoms with van der Waals surface area (Å²) in [7, 11) is 6.27. The van der Waals surface area contributed by atoms with Gasteiger partial charge in [-0.3, -0.25) is 0 Å². The van der Waals surface area contributed by atoms with Crippen LogP contribution in [-0.4, -0.2) is 31.7 Å². The van der Waals surface area contributed by atoms with Crippen LogP contribution in [0.4, 0.5) is 0 Å². The van der Waals surface area contributed by atoms with Gasteiger partial charge in [0.15, 0.2) is 0 Å². The van der Waals surface area contributed by atoms with Crippen LogP contribution >= 0.6 is 8.92 Å². The number of hydrogen-bond donors (Lipinski definition) is 1. The van der Waals surface area contributed by atoms with Crippen molar-refractivity contribution in [2.45, 2.75) is 56.4 Å². The van der Waals surface area contributed by atoms with Gasteiger partial charge in [0, 0.05) is 0 Å². The van der Waals surface area contributed by atoms with E-state index < -0.39 is 19.0 Å². The van der Waals surface area contributed by atoms with Crippen LogP contribution in [0.1, 0.15) is 46.0 Å². The predicted molar refractivity (Wildman–Crippen MR) is 71.8 cm³/mol. The molecule has 0 aromatic carbocycles. The summed E-state index contributed by atoms with van der Waals surface area (Å²) in [4.78, 5) is 0. The zero-order valence-corrected chi connectivity index (χ0v) is 14.2. The summed E-state index contributed by atoms with van der Waals surface area (Å²) in [5.74, 6) is 1.53. The molecule has 0 amide bonds. The summed E-state index contributed by atoms with van der Waals surface area (Å²) in [6.07, 6.45) is 6.66. The van der Waals surface area contributed by atoms with Crippen LogP contribution in [0.2, 0.25) is 4.44 Å². The number of nitrogens with two attached hydrogens (primary N) is 1. The summed E-state index contributed by atoms with van der Waals surface area (Å²) in [6, 6.07) is 0.347. The molecule has 1 radical (unpaired) electrons. The second kappa shape index (κ2) is 8.17. The van der Waals surface area contributed by atoms with Gasteiger partial charge >= 0.3 is 112 Å². The maximum atomic E-state index is 6.27. The molecule has 1 saturated carbocycles. The second-order valence-electron chi connectivity index (χ2n) is 4.89. The van der Waals surface area contributed by atoms with Gasteiger partial charge in [-0.05, 0) is 0 Å². The van der Waals surface area contributed by atoms with Crippen LogP contribution in [-0.2, 0) is 3.07 Å². The molecule has 0 aromatic heterocycles. The Kier molecular flexibility index (Phi) is 7.69. The molecule has 1 fully saturated rings. The molecule has 3 atom stereocenters. The molecule has 95 valence electrons. The first-order valence-electron chi connectivity index (χ1n) is 6.54. The van der Waals surface area contributed by atoms with Gasteiger partial charge in [-0.25, -0.2) is 0 Å². The van der Waals surface area contributed by atoms with Gasteiger partial charge in [0.25, 0.3) is 0 Å². The number of hydrogen-bond acceptors (Lipinski definition) is 2. The quantitative estimate of drug-likeness (QED) is 0.744. The van der Waals surface area contributed by atoms with Gasteiger partial charge in [-0.1, -0.05) is 0 Å². The first-order valence-corrected chi connectivity index (χ1v) is 13.3. The number of rotatable bonds is 6. The van der Waals surface area contributed by atoms with Crippen LogP contribution in [0, 0.1) is 11.8 Å². The zero-order chi connectivity index (χ0) is 12.0. The molecule has 1 aliphatic rings. The SMILES string of the molecule is CC[O][Sn]([Cl])[CH2]CC1CCCCC1C(C)N. The van der Waals surface area contributed by atoms with Crippen molar-refractivity contribution in [3.05, 3.63) is 0 Å². The normalized spacial score (nSPS) is 28.3. The summed E-state index contributed by atoms with van der Waals surface area (Å²) >= 11 is -1.94. The first-order chi connectivity index (χ1) is 7.65. The van der Waals surface area contributed by atoms with Crippen molar-refractivity contribution in [1.29, 1.82) is 0 Å². The van der Waals surface area contributed by atoms with Crippen molar-refractivity contribution in [1.82, 2.24) is 0 Å². The summed E-state index contributed by atoms with van der Waals surface area (Å²) in [5, 5.41) is 0. The third kappa shape index (κ3) is 5.11. The Hall–Kier alpha value is 1.01. The van der Waals surface area contributed by atoms with Gasteiger partial charge in [0.05, 0.1) is 0 Å². The Labute approximate surface area is 111 Å². The van der Waals surface area contributed by atoms with Gasteiger partial charge in [0.1, 0.15) is 0 Å². The van der Waals surface area contributed by atoms with E-state index in [0.29, 0.717) is 6.04 Å². The Morgan fingerprint density at radius 1 is 1.44 bits per heavy atom. The van der Waals surface area contributed by atoms with Crippen LogP contribution in [0.25, 0.3) is 0 Å². The fraction of sp³-hybridized carbons (Fsp3) is 1.00. The van der Waals surface area contributed by atoms with E-state index in [9.17, 15) is 0 Å².